The van der Waals surface area contributed by atoms with E-state index in [4.69, 9.17) is 0 Å². The monoisotopic (exact) mass is 705 g/mol. The molecule has 0 spiro atoms. The Balaban J connectivity index is 1.06. The summed E-state index contributed by atoms with van der Waals surface area (Å²) in [7, 11) is 0. The van der Waals surface area contributed by atoms with Gasteiger partial charge in [-0.2, -0.15) is 0 Å². The minimum Gasteiger partial charge on any atom is -0.310 e. The second kappa shape index (κ2) is 13.7. The van der Waals surface area contributed by atoms with Gasteiger partial charge >= 0.3 is 0 Å². The summed E-state index contributed by atoms with van der Waals surface area (Å²) in [6, 6.07) is 77.2. The molecule has 2 heteroatoms. The summed E-state index contributed by atoms with van der Waals surface area (Å²) in [5.74, 6) is 0. The van der Waals surface area contributed by atoms with Crippen molar-refractivity contribution in [1.82, 2.24) is 0 Å². The summed E-state index contributed by atoms with van der Waals surface area (Å²) in [6.07, 6.45) is 0. The molecule has 0 aliphatic carbocycles. The number of benzene rings is 9. The van der Waals surface area contributed by atoms with Crippen LogP contribution in [0.3, 0.4) is 0 Å². The molecule has 1 heterocycles. The van der Waals surface area contributed by atoms with Crippen molar-refractivity contribution in [3.8, 4) is 44.5 Å². The molecule has 0 aliphatic heterocycles. The van der Waals surface area contributed by atoms with Gasteiger partial charge in [-0.25, -0.2) is 0 Å². The molecule has 0 radical (unpaired) electrons. The second-order valence-electron chi connectivity index (χ2n) is 13.8. The van der Waals surface area contributed by atoms with Crippen LogP contribution >= 0.6 is 11.3 Å². The molecule has 1 nitrogen and oxygen atoms in total. The lowest BCUT2D eigenvalue weighted by atomic mass is 9.95. The third-order valence-electron chi connectivity index (χ3n) is 10.4. The Bertz CT molecular complexity index is 2930. The van der Waals surface area contributed by atoms with Crippen LogP contribution in [0.2, 0.25) is 0 Å². The predicted octanol–water partition coefficient (Wildman–Crippen LogP) is 15.3. The van der Waals surface area contributed by atoms with Gasteiger partial charge in [-0.3, -0.25) is 0 Å². The fraction of sp³-hybridized carbons (Fsp3) is 0. The van der Waals surface area contributed by atoms with E-state index in [9.17, 15) is 0 Å². The van der Waals surface area contributed by atoms with Crippen LogP contribution in [0.25, 0.3) is 75.5 Å². The molecule has 0 unspecified atom stereocenters. The number of thiophene rings is 1. The Labute approximate surface area is 319 Å². The van der Waals surface area contributed by atoms with Gasteiger partial charge in [0.1, 0.15) is 0 Å². The molecule has 0 saturated carbocycles. The smallest absolute Gasteiger partial charge is 0.0467 e. The van der Waals surface area contributed by atoms with E-state index in [0.717, 1.165) is 17.1 Å². The van der Waals surface area contributed by atoms with Crippen LogP contribution < -0.4 is 4.90 Å². The summed E-state index contributed by atoms with van der Waals surface area (Å²) in [4.78, 5) is 2.38. The molecule has 10 aromatic rings. The highest BCUT2D eigenvalue weighted by Gasteiger charge is 2.16. The van der Waals surface area contributed by atoms with Crippen LogP contribution in [-0.2, 0) is 0 Å². The average Bonchev–Trinajstić information content (AvgIpc) is 3.62. The van der Waals surface area contributed by atoms with Crippen molar-refractivity contribution in [1.29, 1.82) is 0 Å². The highest BCUT2D eigenvalue weighted by atomic mass is 32.1. The number of rotatable bonds is 7. The first-order chi connectivity index (χ1) is 26.7. The zero-order valence-corrected chi connectivity index (χ0v) is 30.4. The largest absolute Gasteiger partial charge is 0.310 e. The first kappa shape index (κ1) is 32.0. The molecule has 1 aromatic heterocycles. The zero-order chi connectivity index (χ0) is 35.8. The van der Waals surface area contributed by atoms with Crippen molar-refractivity contribution < 1.29 is 0 Å². The van der Waals surface area contributed by atoms with Crippen LogP contribution in [0, 0.1) is 0 Å². The summed E-state index contributed by atoms with van der Waals surface area (Å²) < 4.78 is 2.65. The molecule has 0 saturated heterocycles. The maximum Gasteiger partial charge on any atom is 0.0467 e. The zero-order valence-electron chi connectivity index (χ0n) is 29.6. The highest BCUT2D eigenvalue weighted by Crippen LogP contribution is 2.41. The van der Waals surface area contributed by atoms with Gasteiger partial charge in [-0.05, 0) is 110 Å². The van der Waals surface area contributed by atoms with Crippen LogP contribution in [-0.4, -0.2) is 0 Å². The quantitative estimate of drug-likeness (QED) is 0.160. The fourth-order valence-electron chi connectivity index (χ4n) is 7.78. The third-order valence-corrected chi connectivity index (χ3v) is 11.6. The summed E-state index contributed by atoms with van der Waals surface area (Å²) in [5, 5.41) is 5.17. The van der Waals surface area contributed by atoms with Crippen molar-refractivity contribution in [3.63, 3.8) is 0 Å². The van der Waals surface area contributed by atoms with Gasteiger partial charge in [-0.1, -0.05) is 158 Å². The van der Waals surface area contributed by atoms with Gasteiger partial charge in [0.15, 0.2) is 0 Å². The molecular formula is C52H35NS. The minimum absolute atomic E-state index is 1.10. The van der Waals surface area contributed by atoms with Gasteiger partial charge in [-0.15, -0.1) is 11.3 Å². The lowest BCUT2D eigenvalue weighted by molar-refractivity contribution is 1.28. The van der Waals surface area contributed by atoms with Crippen molar-refractivity contribution >= 4 is 59.3 Å². The Hall–Kier alpha value is -6.74. The summed E-state index contributed by atoms with van der Waals surface area (Å²) >= 11 is 1.86. The molecule has 0 amide bonds. The highest BCUT2D eigenvalue weighted by molar-refractivity contribution is 7.25. The van der Waals surface area contributed by atoms with Gasteiger partial charge in [0.05, 0.1) is 0 Å². The van der Waals surface area contributed by atoms with Crippen LogP contribution in [0.4, 0.5) is 17.1 Å². The summed E-state index contributed by atoms with van der Waals surface area (Å²) in [5.41, 5.74) is 13.0. The molecule has 0 N–H and O–H groups in total. The van der Waals surface area contributed by atoms with E-state index in [1.54, 1.807) is 0 Å². The Morgan fingerprint density at radius 3 is 1.59 bits per heavy atom. The lowest BCUT2D eigenvalue weighted by Crippen LogP contribution is -2.10. The van der Waals surface area contributed by atoms with E-state index in [-0.39, 0.29) is 0 Å². The Kier molecular flexibility index (Phi) is 8.09. The number of hydrogen-bond donors (Lipinski definition) is 0. The van der Waals surface area contributed by atoms with Gasteiger partial charge in [0, 0.05) is 37.2 Å². The molecule has 0 atom stereocenters. The lowest BCUT2D eigenvalue weighted by Gasteiger charge is -2.27. The normalized spacial score (nSPS) is 11.3. The first-order valence-corrected chi connectivity index (χ1v) is 19.2. The average molecular weight is 706 g/mol. The van der Waals surface area contributed by atoms with E-state index in [1.807, 2.05) is 11.3 Å². The molecule has 254 valence electrons. The second-order valence-corrected chi connectivity index (χ2v) is 14.8. The number of anilines is 3. The molecule has 0 aliphatic rings. The van der Waals surface area contributed by atoms with E-state index < -0.39 is 0 Å². The molecule has 9 aromatic carbocycles. The van der Waals surface area contributed by atoms with Crippen LogP contribution in [0.15, 0.2) is 212 Å². The van der Waals surface area contributed by atoms with Crippen molar-refractivity contribution in [2.75, 3.05) is 4.90 Å². The first-order valence-electron chi connectivity index (χ1n) is 18.4. The standard InChI is InChI=1S/C52H35NS/c1-2-12-36(13-3-1)40-17-9-20-45(33-40)53(44-29-26-37(27-30-44)42-28-31-50-49-23-6-7-25-51(49)54-52(50)35-42)46-21-10-18-41(34-46)39-16-8-19-43(32-39)48-24-11-15-38-14-4-5-22-47(38)48/h1-35H. The SMILES string of the molecule is c1ccc(-c2cccc(N(c3ccc(-c4ccc5c(c4)sc4ccccc45)cc3)c3cccc(-c4cccc(-c5cccc6ccccc56)c4)c3)c2)cc1. The molecule has 10 rings (SSSR count). The number of fused-ring (bicyclic) bond motifs is 4. The molecular weight excluding hydrogens is 671 g/mol. The number of nitrogens with zero attached hydrogens (tertiary/aromatic N) is 1. The van der Waals surface area contributed by atoms with Gasteiger partial charge in [0.2, 0.25) is 0 Å². The van der Waals surface area contributed by atoms with E-state index in [2.05, 4.69) is 217 Å². The minimum atomic E-state index is 1.10. The molecule has 0 bridgehead atoms. The number of hydrogen-bond acceptors (Lipinski definition) is 2. The van der Waals surface area contributed by atoms with Crippen LogP contribution in [0.5, 0.6) is 0 Å². The fourth-order valence-corrected chi connectivity index (χ4v) is 8.92. The molecule has 54 heavy (non-hydrogen) atoms. The Morgan fingerprint density at radius 2 is 0.796 bits per heavy atom. The van der Waals surface area contributed by atoms with E-state index in [1.165, 1.54) is 75.5 Å². The maximum absolute atomic E-state index is 2.38. The summed E-state index contributed by atoms with van der Waals surface area (Å²) in [6.45, 7) is 0. The predicted molar refractivity (Wildman–Crippen MR) is 233 cm³/mol. The van der Waals surface area contributed by atoms with E-state index >= 15 is 0 Å². The topological polar surface area (TPSA) is 3.24 Å². The van der Waals surface area contributed by atoms with Gasteiger partial charge in [0.25, 0.3) is 0 Å². The molecule has 0 fully saturated rings. The van der Waals surface area contributed by atoms with Crippen molar-refractivity contribution in [3.05, 3.63) is 212 Å². The van der Waals surface area contributed by atoms with Crippen LogP contribution in [0.1, 0.15) is 0 Å². The third kappa shape index (κ3) is 5.93. The maximum atomic E-state index is 2.38. The van der Waals surface area contributed by atoms with Crippen molar-refractivity contribution in [2.24, 2.45) is 0 Å². The Morgan fingerprint density at radius 1 is 0.278 bits per heavy atom. The van der Waals surface area contributed by atoms with Gasteiger partial charge < -0.3 is 4.90 Å². The van der Waals surface area contributed by atoms with E-state index in [0.29, 0.717) is 0 Å². The van der Waals surface area contributed by atoms with Crippen molar-refractivity contribution in [2.45, 2.75) is 0 Å².